The van der Waals surface area contributed by atoms with Crippen molar-refractivity contribution in [2.75, 3.05) is 13.7 Å². The predicted octanol–water partition coefficient (Wildman–Crippen LogP) is 1.57. The van der Waals surface area contributed by atoms with Gasteiger partial charge in [-0.15, -0.1) is 6.58 Å². The highest BCUT2D eigenvalue weighted by atomic mass is 16.5. The van der Waals surface area contributed by atoms with E-state index in [1.165, 1.54) is 13.2 Å². The molecule has 2 N–H and O–H groups in total. The van der Waals surface area contributed by atoms with Crippen molar-refractivity contribution in [3.8, 4) is 11.5 Å². The third-order valence-electron chi connectivity index (χ3n) is 3.28. The Labute approximate surface area is 139 Å². The zero-order valence-corrected chi connectivity index (χ0v) is 13.5. The molecule has 0 aromatic heterocycles. The summed E-state index contributed by atoms with van der Waals surface area (Å²) < 4.78 is 11.0. The van der Waals surface area contributed by atoms with E-state index in [4.69, 9.17) is 9.47 Å². The maximum atomic E-state index is 11.8. The molecule has 0 saturated carbocycles. The van der Waals surface area contributed by atoms with Gasteiger partial charge in [0.25, 0.3) is 11.8 Å². The van der Waals surface area contributed by atoms with Gasteiger partial charge >= 0.3 is 6.03 Å². The molecule has 7 heteroatoms. The molecule has 4 amide bonds. The number of hydrogen-bond donors (Lipinski definition) is 2. The predicted molar refractivity (Wildman–Crippen MR) is 87.7 cm³/mol. The Morgan fingerprint density at radius 3 is 2.38 bits per heavy atom. The van der Waals surface area contributed by atoms with Crippen LogP contribution in [0.4, 0.5) is 4.79 Å². The average molecular weight is 330 g/mol. The van der Waals surface area contributed by atoms with E-state index in [0.29, 0.717) is 30.1 Å². The van der Waals surface area contributed by atoms with Crippen LogP contribution in [0.15, 0.2) is 30.4 Å². The standard InChI is InChI=1S/C17H18N2O5/c1-4-6-11-7-10(9-13(24-5-2)14(11)23-3)8-12-15(20)18-17(22)19-16(12)21/h4,7-9H,1,5-6H2,2-3H3,(H2,18,19,20,21,22). The third kappa shape index (κ3) is 3.62. The Morgan fingerprint density at radius 2 is 1.83 bits per heavy atom. The molecule has 0 unspecified atom stereocenters. The molecule has 1 aromatic rings. The minimum Gasteiger partial charge on any atom is -0.493 e. The first-order valence-electron chi connectivity index (χ1n) is 7.33. The number of barbiturate groups is 1. The van der Waals surface area contributed by atoms with Gasteiger partial charge in [-0.2, -0.15) is 0 Å². The SMILES string of the molecule is C=CCc1cc(C=C2C(=O)NC(=O)NC2=O)cc(OCC)c1OC. The molecule has 1 aliphatic heterocycles. The van der Waals surface area contributed by atoms with Gasteiger partial charge in [0.1, 0.15) is 5.57 Å². The molecule has 1 fully saturated rings. The number of rotatable bonds is 6. The van der Waals surface area contributed by atoms with Gasteiger partial charge in [0.2, 0.25) is 0 Å². The Bertz CT molecular complexity index is 715. The van der Waals surface area contributed by atoms with E-state index in [0.717, 1.165) is 5.56 Å². The molecule has 24 heavy (non-hydrogen) atoms. The number of amides is 4. The Balaban J connectivity index is 2.51. The van der Waals surface area contributed by atoms with Crippen molar-refractivity contribution in [3.63, 3.8) is 0 Å². The molecule has 7 nitrogen and oxygen atoms in total. The van der Waals surface area contributed by atoms with E-state index in [-0.39, 0.29) is 5.57 Å². The monoisotopic (exact) mass is 330 g/mol. The van der Waals surface area contributed by atoms with Gasteiger partial charge in [0.15, 0.2) is 11.5 Å². The fraction of sp³-hybridized carbons (Fsp3) is 0.235. The normalized spacial score (nSPS) is 13.9. The number of methoxy groups -OCH3 is 1. The average Bonchev–Trinajstić information content (AvgIpc) is 2.51. The second-order valence-electron chi connectivity index (χ2n) is 4.93. The summed E-state index contributed by atoms with van der Waals surface area (Å²) in [7, 11) is 1.54. The lowest BCUT2D eigenvalue weighted by molar-refractivity contribution is -0.123. The molecule has 0 aliphatic carbocycles. The molecule has 1 heterocycles. The summed E-state index contributed by atoms with van der Waals surface area (Å²) in [5.74, 6) is -0.420. The van der Waals surface area contributed by atoms with Crippen LogP contribution in [-0.4, -0.2) is 31.6 Å². The smallest absolute Gasteiger partial charge is 0.328 e. The number of allylic oxidation sites excluding steroid dienone is 1. The topological polar surface area (TPSA) is 93.7 Å². The highest BCUT2D eigenvalue weighted by molar-refractivity contribution is 6.31. The number of nitrogens with one attached hydrogen (secondary N) is 2. The van der Waals surface area contributed by atoms with Gasteiger partial charge in [-0.1, -0.05) is 6.08 Å². The third-order valence-corrected chi connectivity index (χ3v) is 3.28. The second kappa shape index (κ2) is 7.45. The van der Waals surface area contributed by atoms with Gasteiger partial charge in [-0.25, -0.2) is 4.79 Å². The zero-order chi connectivity index (χ0) is 17.7. The molecule has 0 atom stereocenters. The van der Waals surface area contributed by atoms with Crippen LogP contribution in [0, 0.1) is 0 Å². The second-order valence-corrected chi connectivity index (χ2v) is 4.93. The fourth-order valence-corrected chi connectivity index (χ4v) is 2.34. The fourth-order valence-electron chi connectivity index (χ4n) is 2.34. The van der Waals surface area contributed by atoms with Gasteiger partial charge in [0.05, 0.1) is 13.7 Å². The van der Waals surface area contributed by atoms with E-state index in [9.17, 15) is 14.4 Å². The molecule has 1 saturated heterocycles. The number of ether oxygens (including phenoxy) is 2. The highest BCUT2D eigenvalue weighted by Gasteiger charge is 2.27. The molecule has 1 aliphatic rings. The first kappa shape index (κ1) is 17.3. The van der Waals surface area contributed by atoms with Gasteiger partial charge in [0, 0.05) is 5.56 Å². The van der Waals surface area contributed by atoms with Crippen LogP contribution in [0.2, 0.25) is 0 Å². The number of imide groups is 2. The summed E-state index contributed by atoms with van der Waals surface area (Å²) in [6.07, 6.45) is 3.63. The highest BCUT2D eigenvalue weighted by Crippen LogP contribution is 2.34. The number of benzene rings is 1. The van der Waals surface area contributed by atoms with E-state index in [1.807, 2.05) is 17.6 Å². The summed E-state index contributed by atoms with van der Waals surface area (Å²) in [5, 5.41) is 4.06. The van der Waals surface area contributed by atoms with Crippen molar-refractivity contribution in [1.82, 2.24) is 10.6 Å². The van der Waals surface area contributed by atoms with Crippen molar-refractivity contribution in [2.45, 2.75) is 13.3 Å². The summed E-state index contributed by atoms with van der Waals surface area (Å²) >= 11 is 0. The minimum atomic E-state index is -0.834. The quantitative estimate of drug-likeness (QED) is 0.469. The summed E-state index contributed by atoms with van der Waals surface area (Å²) in [5.41, 5.74) is 1.22. The number of carbonyl (C=O) groups excluding carboxylic acids is 3. The van der Waals surface area contributed by atoms with Gasteiger partial charge in [-0.05, 0) is 37.1 Å². The molecule has 0 bridgehead atoms. The van der Waals surface area contributed by atoms with E-state index in [2.05, 4.69) is 6.58 Å². The first-order chi connectivity index (χ1) is 11.5. The largest absolute Gasteiger partial charge is 0.493 e. The van der Waals surface area contributed by atoms with Crippen molar-refractivity contribution in [3.05, 3.63) is 41.5 Å². The Kier molecular flexibility index (Phi) is 5.36. The Morgan fingerprint density at radius 1 is 1.17 bits per heavy atom. The maximum Gasteiger partial charge on any atom is 0.328 e. The van der Waals surface area contributed by atoms with Gasteiger partial charge < -0.3 is 9.47 Å². The number of urea groups is 1. The van der Waals surface area contributed by atoms with Crippen LogP contribution in [-0.2, 0) is 16.0 Å². The number of carbonyl (C=O) groups is 3. The van der Waals surface area contributed by atoms with Crippen molar-refractivity contribution in [2.24, 2.45) is 0 Å². The molecule has 126 valence electrons. The van der Waals surface area contributed by atoms with Crippen molar-refractivity contribution in [1.29, 1.82) is 0 Å². The van der Waals surface area contributed by atoms with Crippen LogP contribution < -0.4 is 20.1 Å². The van der Waals surface area contributed by atoms with Crippen LogP contribution in [0.3, 0.4) is 0 Å². The minimum absolute atomic E-state index is 0.160. The maximum absolute atomic E-state index is 11.8. The van der Waals surface area contributed by atoms with Crippen molar-refractivity contribution < 1.29 is 23.9 Å². The lowest BCUT2D eigenvalue weighted by Gasteiger charge is -2.16. The molecular weight excluding hydrogens is 312 g/mol. The van der Waals surface area contributed by atoms with E-state index < -0.39 is 17.8 Å². The van der Waals surface area contributed by atoms with Crippen LogP contribution in [0.1, 0.15) is 18.1 Å². The summed E-state index contributed by atoms with van der Waals surface area (Å²) in [6, 6.07) is 2.60. The summed E-state index contributed by atoms with van der Waals surface area (Å²) in [4.78, 5) is 34.8. The first-order valence-corrected chi connectivity index (χ1v) is 7.33. The van der Waals surface area contributed by atoms with Crippen molar-refractivity contribution >= 4 is 23.9 Å². The molecule has 0 radical (unpaired) electrons. The summed E-state index contributed by atoms with van der Waals surface area (Å²) in [6.45, 7) is 5.98. The zero-order valence-electron chi connectivity index (χ0n) is 13.5. The van der Waals surface area contributed by atoms with Crippen LogP contribution in [0.5, 0.6) is 11.5 Å². The molecular formula is C17H18N2O5. The van der Waals surface area contributed by atoms with Gasteiger partial charge in [-0.3, -0.25) is 20.2 Å². The van der Waals surface area contributed by atoms with Crippen LogP contribution >= 0.6 is 0 Å². The molecule has 0 spiro atoms. The molecule has 2 rings (SSSR count). The Hall–Kier alpha value is -3.09. The number of hydrogen-bond acceptors (Lipinski definition) is 5. The van der Waals surface area contributed by atoms with Crippen LogP contribution in [0.25, 0.3) is 6.08 Å². The van der Waals surface area contributed by atoms with E-state index in [1.54, 1.807) is 18.2 Å². The lowest BCUT2D eigenvalue weighted by Crippen LogP contribution is -2.51. The van der Waals surface area contributed by atoms with E-state index >= 15 is 0 Å². The molecule has 1 aromatic carbocycles. The lowest BCUT2D eigenvalue weighted by atomic mass is 10.0.